The smallest absolute Gasteiger partial charge is 0.261 e. The van der Waals surface area contributed by atoms with E-state index >= 15 is 0 Å². The van der Waals surface area contributed by atoms with Crippen LogP contribution in [0, 0.1) is 0 Å². The van der Waals surface area contributed by atoms with Crippen molar-refractivity contribution in [3.05, 3.63) is 42.5 Å². The van der Waals surface area contributed by atoms with Crippen molar-refractivity contribution in [3.8, 4) is 5.75 Å². The third-order valence-electron chi connectivity index (χ3n) is 3.98. The molecule has 2 aromatic rings. The lowest BCUT2D eigenvalue weighted by molar-refractivity contribution is -0.139. The van der Waals surface area contributed by atoms with Crippen LogP contribution < -0.4 is 10.5 Å². The first-order valence-corrected chi connectivity index (χ1v) is 7.39. The van der Waals surface area contributed by atoms with Crippen molar-refractivity contribution in [2.75, 3.05) is 13.2 Å². The maximum atomic E-state index is 13.4. The van der Waals surface area contributed by atoms with Crippen LogP contribution in [-0.2, 0) is 9.59 Å². The molecule has 0 bridgehead atoms. The predicted molar refractivity (Wildman–Crippen MR) is 83.7 cm³/mol. The first-order valence-electron chi connectivity index (χ1n) is 7.39. The average molecular weight is 316 g/mol. The van der Waals surface area contributed by atoms with Crippen molar-refractivity contribution in [1.82, 2.24) is 4.90 Å². The molecule has 1 saturated heterocycles. The molecule has 2 amide bonds. The molecule has 0 spiro atoms. The summed E-state index contributed by atoms with van der Waals surface area (Å²) in [6.07, 6.45) is -1.27. The van der Waals surface area contributed by atoms with Crippen LogP contribution in [0.15, 0.2) is 42.5 Å². The summed E-state index contributed by atoms with van der Waals surface area (Å²) in [5.41, 5.74) is 5.22. The Morgan fingerprint density at radius 2 is 1.96 bits per heavy atom. The maximum absolute atomic E-state index is 13.4. The number of halogens is 1. The van der Waals surface area contributed by atoms with Crippen LogP contribution in [0.3, 0.4) is 0 Å². The van der Waals surface area contributed by atoms with E-state index in [0.29, 0.717) is 5.75 Å². The predicted octanol–water partition coefficient (Wildman–Crippen LogP) is 1.64. The molecule has 3 rings (SSSR count). The number of fused-ring (bicyclic) bond motifs is 1. The van der Waals surface area contributed by atoms with Crippen molar-refractivity contribution in [3.63, 3.8) is 0 Å². The fraction of sp³-hybridized carbons (Fsp3) is 0.294. The van der Waals surface area contributed by atoms with Crippen LogP contribution >= 0.6 is 0 Å². The van der Waals surface area contributed by atoms with E-state index in [1.807, 2.05) is 36.4 Å². The van der Waals surface area contributed by atoms with Crippen LogP contribution in [-0.4, -0.2) is 42.1 Å². The molecule has 120 valence electrons. The Labute approximate surface area is 132 Å². The van der Waals surface area contributed by atoms with Gasteiger partial charge in [-0.25, -0.2) is 4.39 Å². The van der Waals surface area contributed by atoms with Gasteiger partial charge in [0.1, 0.15) is 18.0 Å². The summed E-state index contributed by atoms with van der Waals surface area (Å²) < 4.78 is 18.9. The van der Waals surface area contributed by atoms with Crippen LogP contribution in [0.25, 0.3) is 10.8 Å². The number of primary amides is 1. The molecule has 1 heterocycles. The van der Waals surface area contributed by atoms with Gasteiger partial charge < -0.3 is 15.4 Å². The number of alkyl halides is 1. The molecule has 0 aromatic heterocycles. The topological polar surface area (TPSA) is 72.6 Å². The van der Waals surface area contributed by atoms with Gasteiger partial charge in [0, 0.05) is 6.42 Å². The van der Waals surface area contributed by atoms with Crippen LogP contribution in [0.4, 0.5) is 4.39 Å². The van der Waals surface area contributed by atoms with Gasteiger partial charge in [0.25, 0.3) is 5.91 Å². The SMILES string of the molecule is NC(=O)[C@@H]1C[C@@H](F)CN1C(=O)COc1ccc2ccccc2c1. The standard InChI is InChI=1S/C17H17FN2O3/c18-13-8-15(17(19)22)20(9-13)16(21)10-23-14-6-5-11-3-1-2-4-12(11)7-14/h1-7,13,15H,8-10H2,(H2,19,22)/t13-,15+/m1/s1. The Balaban J connectivity index is 1.66. The van der Waals surface area contributed by atoms with Crippen molar-refractivity contribution in [2.24, 2.45) is 5.73 Å². The largest absolute Gasteiger partial charge is 0.484 e. The van der Waals surface area contributed by atoms with E-state index in [-0.39, 0.29) is 19.6 Å². The zero-order valence-corrected chi connectivity index (χ0v) is 12.4. The van der Waals surface area contributed by atoms with Gasteiger partial charge in [-0.15, -0.1) is 0 Å². The minimum absolute atomic E-state index is 0.0446. The Bertz CT molecular complexity index is 749. The summed E-state index contributed by atoms with van der Waals surface area (Å²) in [6.45, 7) is -0.373. The minimum Gasteiger partial charge on any atom is -0.484 e. The number of carbonyl (C=O) groups is 2. The quantitative estimate of drug-likeness (QED) is 0.932. The molecule has 0 unspecified atom stereocenters. The second-order valence-corrected chi connectivity index (χ2v) is 5.59. The molecular weight excluding hydrogens is 299 g/mol. The molecule has 23 heavy (non-hydrogen) atoms. The second-order valence-electron chi connectivity index (χ2n) is 5.59. The van der Waals surface area contributed by atoms with Crippen molar-refractivity contribution in [2.45, 2.75) is 18.6 Å². The van der Waals surface area contributed by atoms with Gasteiger partial charge in [0.2, 0.25) is 5.91 Å². The number of benzene rings is 2. The summed E-state index contributed by atoms with van der Waals surface area (Å²) in [4.78, 5) is 24.6. The van der Waals surface area contributed by atoms with Crippen molar-refractivity contribution < 1.29 is 18.7 Å². The first-order chi connectivity index (χ1) is 11.0. The first kappa shape index (κ1) is 15.3. The number of likely N-dealkylation sites (tertiary alicyclic amines) is 1. The van der Waals surface area contributed by atoms with Gasteiger partial charge in [0.05, 0.1) is 6.54 Å². The molecule has 1 aliphatic rings. The normalized spacial score (nSPS) is 20.7. The number of ether oxygens (including phenoxy) is 1. The molecule has 5 nitrogen and oxygen atoms in total. The summed E-state index contributed by atoms with van der Waals surface area (Å²) >= 11 is 0. The lowest BCUT2D eigenvalue weighted by atomic mass is 10.1. The highest BCUT2D eigenvalue weighted by atomic mass is 19.1. The molecule has 2 aromatic carbocycles. The van der Waals surface area contributed by atoms with Gasteiger partial charge in [-0.1, -0.05) is 30.3 Å². The molecule has 2 atom stereocenters. The minimum atomic E-state index is -1.22. The molecule has 0 radical (unpaired) electrons. The lowest BCUT2D eigenvalue weighted by Gasteiger charge is -2.21. The number of hydrogen-bond acceptors (Lipinski definition) is 3. The number of hydrogen-bond donors (Lipinski definition) is 1. The third-order valence-corrected chi connectivity index (χ3v) is 3.98. The zero-order valence-electron chi connectivity index (χ0n) is 12.4. The molecule has 0 aliphatic carbocycles. The van der Waals surface area contributed by atoms with E-state index in [2.05, 4.69) is 0 Å². The van der Waals surface area contributed by atoms with Crippen LogP contribution in [0.1, 0.15) is 6.42 Å². The molecular formula is C17H17FN2O3. The highest BCUT2D eigenvalue weighted by molar-refractivity contribution is 5.88. The van der Waals surface area contributed by atoms with E-state index in [1.54, 1.807) is 6.07 Å². The number of rotatable bonds is 4. The number of nitrogens with zero attached hydrogens (tertiary/aromatic N) is 1. The maximum Gasteiger partial charge on any atom is 0.261 e. The summed E-state index contributed by atoms with van der Waals surface area (Å²) in [5.74, 6) is -0.588. The molecule has 2 N–H and O–H groups in total. The van der Waals surface area contributed by atoms with E-state index in [1.165, 1.54) is 0 Å². The summed E-state index contributed by atoms with van der Waals surface area (Å²) in [7, 11) is 0. The Hall–Kier alpha value is -2.63. The Kier molecular flexibility index (Phi) is 4.14. The van der Waals surface area contributed by atoms with E-state index < -0.39 is 24.0 Å². The van der Waals surface area contributed by atoms with E-state index in [0.717, 1.165) is 15.7 Å². The van der Waals surface area contributed by atoms with Gasteiger partial charge in [-0.05, 0) is 22.9 Å². The highest BCUT2D eigenvalue weighted by Gasteiger charge is 2.38. The fourth-order valence-electron chi connectivity index (χ4n) is 2.82. The Morgan fingerprint density at radius 1 is 1.22 bits per heavy atom. The highest BCUT2D eigenvalue weighted by Crippen LogP contribution is 2.22. The number of nitrogens with two attached hydrogens (primary N) is 1. The fourth-order valence-corrected chi connectivity index (χ4v) is 2.82. The lowest BCUT2D eigenvalue weighted by Crippen LogP contribution is -2.45. The van der Waals surface area contributed by atoms with Crippen LogP contribution in [0.2, 0.25) is 0 Å². The van der Waals surface area contributed by atoms with Crippen molar-refractivity contribution in [1.29, 1.82) is 0 Å². The third kappa shape index (κ3) is 3.26. The van der Waals surface area contributed by atoms with Gasteiger partial charge >= 0.3 is 0 Å². The number of amides is 2. The molecule has 6 heteroatoms. The zero-order chi connectivity index (χ0) is 16.4. The van der Waals surface area contributed by atoms with E-state index in [4.69, 9.17) is 10.5 Å². The molecule has 1 aliphatic heterocycles. The summed E-state index contributed by atoms with van der Waals surface area (Å²) in [6, 6.07) is 12.4. The second kappa shape index (κ2) is 6.24. The monoisotopic (exact) mass is 316 g/mol. The van der Waals surface area contributed by atoms with Crippen LogP contribution in [0.5, 0.6) is 5.75 Å². The Morgan fingerprint density at radius 3 is 2.70 bits per heavy atom. The summed E-state index contributed by atoms with van der Waals surface area (Å²) in [5, 5.41) is 2.07. The molecule has 0 saturated carbocycles. The van der Waals surface area contributed by atoms with E-state index in [9.17, 15) is 14.0 Å². The van der Waals surface area contributed by atoms with Gasteiger partial charge in [-0.3, -0.25) is 9.59 Å². The van der Waals surface area contributed by atoms with Crippen molar-refractivity contribution >= 4 is 22.6 Å². The van der Waals surface area contributed by atoms with Gasteiger partial charge in [-0.2, -0.15) is 0 Å². The average Bonchev–Trinajstić information content (AvgIpc) is 2.95. The van der Waals surface area contributed by atoms with Gasteiger partial charge in [0.15, 0.2) is 6.61 Å². The number of carbonyl (C=O) groups excluding carboxylic acids is 2. The molecule has 1 fully saturated rings.